The van der Waals surface area contributed by atoms with Gasteiger partial charge in [-0.2, -0.15) is 5.01 Å². The maximum atomic E-state index is 13.4. The molecule has 1 saturated heterocycles. The van der Waals surface area contributed by atoms with Crippen molar-refractivity contribution in [2.75, 3.05) is 0 Å². The number of halogens is 2. The molecule has 0 radical (unpaired) electrons. The second-order valence-electron chi connectivity index (χ2n) is 6.58. The summed E-state index contributed by atoms with van der Waals surface area (Å²) < 4.78 is 20.3. The minimum Gasteiger partial charge on any atom is -0.465 e. The van der Waals surface area contributed by atoms with Gasteiger partial charge in [0.2, 0.25) is 0 Å². The van der Waals surface area contributed by atoms with Gasteiger partial charge in [-0.1, -0.05) is 28.1 Å². The molecule has 4 rings (SSSR count). The minimum atomic E-state index is -0.318. The van der Waals surface area contributed by atoms with Crippen molar-refractivity contribution < 1.29 is 8.81 Å². The summed E-state index contributed by atoms with van der Waals surface area (Å²) in [7, 11) is 0. The van der Waals surface area contributed by atoms with Crippen molar-refractivity contribution in [3.63, 3.8) is 0 Å². The molecule has 126 valence electrons. The summed E-state index contributed by atoms with van der Waals surface area (Å²) in [6, 6.07) is 10.8. The number of hydrogen-bond donors (Lipinski definition) is 2. The Morgan fingerprint density at radius 2 is 2.00 bits per heavy atom. The van der Waals surface area contributed by atoms with Gasteiger partial charge in [0.15, 0.2) is 0 Å². The van der Waals surface area contributed by atoms with E-state index < -0.39 is 0 Å². The highest BCUT2D eigenvalue weighted by molar-refractivity contribution is 9.11. The van der Waals surface area contributed by atoms with Gasteiger partial charge in [-0.3, -0.25) is 5.32 Å². The standard InChI is InChI=1S/C18H19BrFN3O/c1-11-3-8-16(24-11)15-9-18(2,12-4-6-13(20)7-5-12)23-17(22-15)14(19)10-21-23/h3-8,10,15,17,21-22H,9H2,1-2H3. The van der Waals surface area contributed by atoms with Crippen LogP contribution in [0.4, 0.5) is 4.39 Å². The monoisotopic (exact) mass is 391 g/mol. The number of rotatable bonds is 2. The van der Waals surface area contributed by atoms with E-state index >= 15 is 0 Å². The van der Waals surface area contributed by atoms with Gasteiger partial charge < -0.3 is 9.84 Å². The average Bonchev–Trinajstić information content (AvgIpc) is 3.15. The maximum absolute atomic E-state index is 13.4. The normalized spacial score (nSPS) is 29.9. The SMILES string of the molecule is Cc1ccc(C2CC(C)(c3ccc(F)cc3)N3NC=C(Br)C3N2)o1. The summed E-state index contributed by atoms with van der Waals surface area (Å²) in [6.45, 7) is 4.12. The van der Waals surface area contributed by atoms with Crippen LogP contribution in [-0.4, -0.2) is 11.2 Å². The first-order valence-corrected chi connectivity index (χ1v) is 8.76. The number of fused-ring (bicyclic) bond motifs is 1. The van der Waals surface area contributed by atoms with Crippen molar-refractivity contribution in [1.82, 2.24) is 15.8 Å². The Kier molecular flexibility index (Phi) is 3.78. The smallest absolute Gasteiger partial charge is 0.123 e. The molecular formula is C18H19BrFN3O. The third-order valence-corrected chi connectivity index (χ3v) is 5.59. The molecule has 3 heterocycles. The maximum Gasteiger partial charge on any atom is 0.123 e. The Labute approximate surface area is 148 Å². The highest BCUT2D eigenvalue weighted by Gasteiger charge is 2.48. The fourth-order valence-corrected chi connectivity index (χ4v) is 4.06. The first kappa shape index (κ1) is 15.9. The summed E-state index contributed by atoms with van der Waals surface area (Å²) in [4.78, 5) is 0. The number of aryl methyl sites for hydroxylation is 1. The lowest BCUT2D eigenvalue weighted by Gasteiger charge is -2.49. The Bertz CT molecular complexity index is 788. The van der Waals surface area contributed by atoms with Crippen LogP contribution in [0.5, 0.6) is 0 Å². The fraction of sp³-hybridized carbons (Fsp3) is 0.333. The van der Waals surface area contributed by atoms with Gasteiger partial charge in [-0.25, -0.2) is 4.39 Å². The highest BCUT2D eigenvalue weighted by Crippen LogP contribution is 2.44. The first-order chi connectivity index (χ1) is 11.5. The molecule has 6 heteroatoms. The van der Waals surface area contributed by atoms with E-state index in [1.165, 1.54) is 12.1 Å². The molecule has 4 nitrogen and oxygen atoms in total. The molecular weight excluding hydrogens is 373 g/mol. The number of furan rings is 1. The molecule has 2 aromatic rings. The Morgan fingerprint density at radius 3 is 2.67 bits per heavy atom. The lowest BCUT2D eigenvalue weighted by atomic mass is 9.82. The fourth-order valence-electron chi connectivity index (χ4n) is 3.62. The highest BCUT2D eigenvalue weighted by atomic mass is 79.9. The molecule has 0 aliphatic carbocycles. The summed E-state index contributed by atoms with van der Waals surface area (Å²) >= 11 is 3.62. The summed E-state index contributed by atoms with van der Waals surface area (Å²) in [5.41, 5.74) is 4.07. The van der Waals surface area contributed by atoms with Crippen LogP contribution in [0.15, 0.2) is 51.5 Å². The van der Waals surface area contributed by atoms with Crippen molar-refractivity contribution in [2.45, 2.75) is 38.0 Å². The largest absolute Gasteiger partial charge is 0.465 e. The van der Waals surface area contributed by atoms with E-state index in [0.717, 1.165) is 28.0 Å². The third-order valence-electron chi connectivity index (χ3n) is 4.92. The van der Waals surface area contributed by atoms with Crippen LogP contribution in [0.2, 0.25) is 0 Å². The van der Waals surface area contributed by atoms with E-state index in [1.54, 1.807) is 0 Å². The van der Waals surface area contributed by atoms with E-state index in [9.17, 15) is 4.39 Å². The second-order valence-corrected chi connectivity index (χ2v) is 7.50. The molecule has 2 aliphatic rings. The van der Waals surface area contributed by atoms with Crippen LogP contribution in [0, 0.1) is 12.7 Å². The summed E-state index contributed by atoms with van der Waals surface area (Å²) in [5.74, 6) is 1.60. The zero-order valence-corrected chi connectivity index (χ0v) is 15.1. The minimum absolute atomic E-state index is 0.00999. The van der Waals surface area contributed by atoms with Crippen LogP contribution in [0.3, 0.4) is 0 Å². The third kappa shape index (κ3) is 2.49. The van der Waals surface area contributed by atoms with Crippen LogP contribution in [0.25, 0.3) is 0 Å². The molecule has 24 heavy (non-hydrogen) atoms. The van der Waals surface area contributed by atoms with E-state index in [1.807, 2.05) is 37.4 Å². The molecule has 1 aromatic carbocycles. The average molecular weight is 392 g/mol. The van der Waals surface area contributed by atoms with Crippen molar-refractivity contribution in [3.8, 4) is 0 Å². The van der Waals surface area contributed by atoms with Crippen molar-refractivity contribution in [2.24, 2.45) is 0 Å². The Hall–Kier alpha value is -1.63. The molecule has 0 bridgehead atoms. The molecule has 0 amide bonds. The molecule has 2 N–H and O–H groups in total. The van der Waals surface area contributed by atoms with E-state index in [-0.39, 0.29) is 23.6 Å². The zero-order chi connectivity index (χ0) is 16.9. The van der Waals surface area contributed by atoms with Crippen molar-refractivity contribution in [3.05, 3.63) is 70.0 Å². The number of hydrazine groups is 1. The van der Waals surface area contributed by atoms with Gasteiger partial charge in [-0.05, 0) is 50.1 Å². The Morgan fingerprint density at radius 1 is 1.25 bits per heavy atom. The number of hydrogen-bond acceptors (Lipinski definition) is 4. The molecule has 3 atom stereocenters. The number of benzene rings is 1. The molecule has 1 fully saturated rings. The lowest BCUT2D eigenvalue weighted by molar-refractivity contribution is -0.0259. The van der Waals surface area contributed by atoms with Crippen molar-refractivity contribution in [1.29, 1.82) is 0 Å². The van der Waals surface area contributed by atoms with Crippen LogP contribution in [-0.2, 0) is 5.54 Å². The van der Waals surface area contributed by atoms with Crippen LogP contribution in [0.1, 0.15) is 36.5 Å². The molecule has 3 unspecified atom stereocenters. The van der Waals surface area contributed by atoms with Gasteiger partial charge in [0.1, 0.15) is 23.5 Å². The predicted molar refractivity (Wildman–Crippen MR) is 93.5 cm³/mol. The number of nitrogens with zero attached hydrogens (tertiary/aromatic N) is 1. The van der Waals surface area contributed by atoms with E-state index in [4.69, 9.17) is 4.42 Å². The van der Waals surface area contributed by atoms with Crippen LogP contribution < -0.4 is 10.7 Å². The zero-order valence-electron chi connectivity index (χ0n) is 13.5. The van der Waals surface area contributed by atoms with Gasteiger partial charge in [0.05, 0.1) is 11.6 Å². The number of nitrogens with one attached hydrogen (secondary N) is 2. The van der Waals surface area contributed by atoms with Gasteiger partial charge in [0, 0.05) is 10.7 Å². The topological polar surface area (TPSA) is 40.4 Å². The molecule has 2 aliphatic heterocycles. The summed E-state index contributed by atoms with van der Waals surface area (Å²) in [6.07, 6.45) is 2.72. The van der Waals surface area contributed by atoms with Crippen molar-refractivity contribution >= 4 is 15.9 Å². The van der Waals surface area contributed by atoms with Crippen LogP contribution >= 0.6 is 15.9 Å². The van der Waals surface area contributed by atoms with Gasteiger partial charge in [0.25, 0.3) is 0 Å². The van der Waals surface area contributed by atoms with Gasteiger partial charge >= 0.3 is 0 Å². The van der Waals surface area contributed by atoms with Gasteiger partial charge in [-0.15, -0.1) is 0 Å². The molecule has 1 aromatic heterocycles. The van der Waals surface area contributed by atoms with E-state index in [0.29, 0.717) is 0 Å². The quantitative estimate of drug-likeness (QED) is 0.809. The molecule has 0 saturated carbocycles. The summed E-state index contributed by atoms with van der Waals surface area (Å²) in [5, 5.41) is 5.77. The second kappa shape index (κ2) is 5.72. The first-order valence-electron chi connectivity index (χ1n) is 7.97. The Balaban J connectivity index is 1.75. The predicted octanol–water partition coefficient (Wildman–Crippen LogP) is 4.06. The lowest BCUT2D eigenvalue weighted by Crippen LogP contribution is -2.62. The molecule has 0 spiro atoms. The van der Waals surface area contributed by atoms with E-state index in [2.05, 4.69) is 38.6 Å².